The summed E-state index contributed by atoms with van der Waals surface area (Å²) in [6.07, 6.45) is 4.34. The fraction of sp³-hybridized carbons (Fsp3) is 0.0588. The lowest BCUT2D eigenvalue weighted by atomic mass is 10.1. The lowest BCUT2D eigenvalue weighted by Crippen LogP contribution is -2.17. The maximum Gasteiger partial charge on any atom is 0.353 e. The van der Waals surface area contributed by atoms with Crippen LogP contribution in [0.4, 0.5) is 0 Å². The zero-order chi connectivity index (χ0) is 17.1. The van der Waals surface area contributed by atoms with E-state index in [1.165, 1.54) is 18.6 Å². The Balaban J connectivity index is 1.91. The van der Waals surface area contributed by atoms with Gasteiger partial charge in [0.1, 0.15) is 5.69 Å². The van der Waals surface area contributed by atoms with Crippen molar-refractivity contribution in [2.45, 2.75) is 6.92 Å². The van der Waals surface area contributed by atoms with Crippen molar-refractivity contribution in [2.24, 2.45) is 5.10 Å². The van der Waals surface area contributed by atoms with E-state index in [-0.39, 0.29) is 5.69 Å². The van der Waals surface area contributed by atoms with Crippen molar-refractivity contribution in [3.63, 3.8) is 0 Å². The number of pyridine rings is 1. The molecule has 2 heterocycles. The van der Waals surface area contributed by atoms with Gasteiger partial charge in [0.05, 0.1) is 6.21 Å². The number of fused-ring (bicyclic) bond motifs is 1. The normalized spacial score (nSPS) is 11.0. The first-order valence-corrected chi connectivity index (χ1v) is 7.15. The second-order valence-electron chi connectivity index (χ2n) is 5.20. The fourth-order valence-corrected chi connectivity index (χ4v) is 2.35. The second-order valence-corrected chi connectivity index (χ2v) is 5.20. The number of aryl methyl sites for hydroxylation is 1. The Morgan fingerprint density at radius 1 is 1.25 bits per heavy atom. The number of aromatic carboxylic acids is 1. The van der Waals surface area contributed by atoms with Crippen LogP contribution in [0.1, 0.15) is 32.0 Å². The standard InChI is InChI=1S/C17H14N4O3/c1-10-2-3-14-12(8-10)13(15(20-14)17(23)24)9-19-21-16(22)11-4-6-18-7-5-11/h2-9,20H,1H3,(H,21,22)(H,23,24)/b19-9-. The molecular formula is C17H14N4O3. The Hall–Kier alpha value is -3.48. The monoisotopic (exact) mass is 322 g/mol. The van der Waals surface area contributed by atoms with Gasteiger partial charge < -0.3 is 10.1 Å². The van der Waals surface area contributed by atoms with Crippen LogP contribution in [0.2, 0.25) is 0 Å². The van der Waals surface area contributed by atoms with E-state index in [9.17, 15) is 14.7 Å². The number of hydrogen-bond acceptors (Lipinski definition) is 4. The number of carboxylic acid groups (broad SMARTS) is 1. The van der Waals surface area contributed by atoms with Gasteiger partial charge in [-0.2, -0.15) is 5.10 Å². The first-order valence-electron chi connectivity index (χ1n) is 7.15. The minimum absolute atomic E-state index is 0.0255. The van der Waals surface area contributed by atoms with Crippen molar-refractivity contribution < 1.29 is 14.7 Å². The second kappa shape index (κ2) is 6.33. The predicted molar refractivity (Wildman–Crippen MR) is 89.3 cm³/mol. The van der Waals surface area contributed by atoms with E-state index >= 15 is 0 Å². The van der Waals surface area contributed by atoms with Gasteiger partial charge in [0.25, 0.3) is 5.91 Å². The third kappa shape index (κ3) is 3.00. The Bertz CT molecular complexity index is 945. The molecule has 0 aliphatic carbocycles. The fourth-order valence-electron chi connectivity index (χ4n) is 2.35. The molecule has 0 radical (unpaired) electrons. The molecule has 0 unspecified atom stereocenters. The Labute approximate surface area is 137 Å². The van der Waals surface area contributed by atoms with E-state index in [0.29, 0.717) is 16.6 Å². The number of aromatic amines is 1. The van der Waals surface area contributed by atoms with Crippen molar-refractivity contribution >= 4 is 29.0 Å². The number of H-pyrrole nitrogens is 1. The first kappa shape index (κ1) is 15.4. The zero-order valence-electron chi connectivity index (χ0n) is 12.8. The third-order valence-corrected chi connectivity index (χ3v) is 3.51. The SMILES string of the molecule is Cc1ccc2[nH]c(C(=O)O)c(/C=N\NC(=O)c3ccncc3)c2c1. The van der Waals surface area contributed by atoms with Gasteiger partial charge >= 0.3 is 5.97 Å². The van der Waals surface area contributed by atoms with Crippen molar-refractivity contribution in [3.8, 4) is 0 Å². The summed E-state index contributed by atoms with van der Waals surface area (Å²) in [6, 6.07) is 8.68. The van der Waals surface area contributed by atoms with Crippen LogP contribution < -0.4 is 5.43 Å². The molecule has 7 heteroatoms. The summed E-state index contributed by atoms with van der Waals surface area (Å²) in [5.74, 6) is -1.49. The number of amides is 1. The highest BCUT2D eigenvalue weighted by Crippen LogP contribution is 2.22. The number of hydrazone groups is 1. The molecule has 7 nitrogen and oxygen atoms in total. The summed E-state index contributed by atoms with van der Waals surface area (Å²) in [6.45, 7) is 1.92. The number of aromatic nitrogens is 2. The molecule has 0 atom stereocenters. The van der Waals surface area contributed by atoms with Gasteiger partial charge in [0.2, 0.25) is 0 Å². The minimum Gasteiger partial charge on any atom is -0.477 e. The minimum atomic E-state index is -1.09. The topological polar surface area (TPSA) is 107 Å². The van der Waals surface area contributed by atoms with Gasteiger partial charge in [-0.1, -0.05) is 11.6 Å². The summed E-state index contributed by atoms with van der Waals surface area (Å²) in [5.41, 5.74) is 4.92. The molecule has 1 amide bonds. The molecule has 0 bridgehead atoms. The molecule has 3 N–H and O–H groups in total. The number of benzene rings is 1. The lowest BCUT2D eigenvalue weighted by Gasteiger charge is -1.99. The van der Waals surface area contributed by atoms with Crippen molar-refractivity contribution in [1.29, 1.82) is 0 Å². The Morgan fingerprint density at radius 3 is 2.71 bits per heavy atom. The van der Waals surface area contributed by atoms with E-state index in [1.54, 1.807) is 12.1 Å². The maximum absolute atomic E-state index is 11.9. The van der Waals surface area contributed by atoms with Crippen molar-refractivity contribution in [1.82, 2.24) is 15.4 Å². The molecule has 3 aromatic rings. The van der Waals surface area contributed by atoms with E-state index in [0.717, 1.165) is 10.9 Å². The van der Waals surface area contributed by atoms with E-state index in [4.69, 9.17) is 0 Å². The van der Waals surface area contributed by atoms with Gasteiger partial charge in [-0.3, -0.25) is 9.78 Å². The predicted octanol–water partition coefficient (Wildman–Crippen LogP) is 2.33. The van der Waals surface area contributed by atoms with Gasteiger partial charge in [0, 0.05) is 34.4 Å². The molecular weight excluding hydrogens is 308 g/mol. The molecule has 24 heavy (non-hydrogen) atoms. The Morgan fingerprint density at radius 2 is 2.00 bits per heavy atom. The zero-order valence-corrected chi connectivity index (χ0v) is 12.8. The Kier molecular flexibility index (Phi) is 4.07. The van der Waals surface area contributed by atoms with Crippen LogP contribution in [-0.4, -0.2) is 33.2 Å². The number of carboxylic acids is 1. The summed E-state index contributed by atoms with van der Waals surface area (Å²) in [4.78, 5) is 30.0. The molecule has 0 saturated heterocycles. The number of carbonyl (C=O) groups excluding carboxylic acids is 1. The molecule has 0 fully saturated rings. The molecule has 2 aromatic heterocycles. The lowest BCUT2D eigenvalue weighted by molar-refractivity contribution is 0.0691. The first-order chi connectivity index (χ1) is 11.6. The number of hydrogen-bond donors (Lipinski definition) is 3. The number of carbonyl (C=O) groups is 2. The average molecular weight is 322 g/mol. The summed E-state index contributed by atoms with van der Waals surface area (Å²) >= 11 is 0. The van der Waals surface area contributed by atoms with Crippen molar-refractivity contribution in [3.05, 3.63) is 65.1 Å². The van der Waals surface area contributed by atoms with Crippen LogP contribution in [-0.2, 0) is 0 Å². The highest BCUT2D eigenvalue weighted by molar-refractivity contribution is 6.09. The largest absolute Gasteiger partial charge is 0.477 e. The molecule has 0 aliphatic rings. The van der Waals surface area contributed by atoms with Gasteiger partial charge in [0.15, 0.2) is 0 Å². The van der Waals surface area contributed by atoms with E-state index in [1.807, 2.05) is 25.1 Å². The molecule has 0 saturated carbocycles. The molecule has 0 aliphatic heterocycles. The third-order valence-electron chi connectivity index (χ3n) is 3.51. The van der Waals surface area contributed by atoms with Crippen molar-refractivity contribution in [2.75, 3.05) is 0 Å². The average Bonchev–Trinajstić information content (AvgIpc) is 2.94. The number of nitrogens with one attached hydrogen (secondary N) is 2. The highest BCUT2D eigenvalue weighted by Gasteiger charge is 2.15. The molecule has 1 aromatic carbocycles. The number of rotatable bonds is 4. The van der Waals surface area contributed by atoms with Crippen LogP contribution in [0, 0.1) is 6.92 Å². The summed E-state index contributed by atoms with van der Waals surface area (Å²) in [5, 5.41) is 14.0. The molecule has 120 valence electrons. The van der Waals surface area contributed by atoms with Crippen LogP contribution >= 0.6 is 0 Å². The summed E-state index contributed by atoms with van der Waals surface area (Å²) in [7, 11) is 0. The van der Waals surface area contributed by atoms with Gasteiger partial charge in [-0.25, -0.2) is 10.2 Å². The van der Waals surface area contributed by atoms with Crippen LogP contribution in [0.3, 0.4) is 0 Å². The molecule has 0 spiro atoms. The quantitative estimate of drug-likeness (QED) is 0.506. The van der Waals surface area contributed by atoms with E-state index < -0.39 is 11.9 Å². The highest BCUT2D eigenvalue weighted by atomic mass is 16.4. The summed E-state index contributed by atoms with van der Waals surface area (Å²) < 4.78 is 0. The van der Waals surface area contributed by atoms with Crippen LogP contribution in [0.25, 0.3) is 10.9 Å². The smallest absolute Gasteiger partial charge is 0.353 e. The van der Waals surface area contributed by atoms with E-state index in [2.05, 4.69) is 20.5 Å². The molecule has 3 rings (SSSR count). The number of nitrogens with zero attached hydrogens (tertiary/aromatic N) is 2. The van der Waals surface area contributed by atoms with Crippen LogP contribution in [0.15, 0.2) is 47.8 Å². The van der Waals surface area contributed by atoms with Gasteiger partial charge in [-0.15, -0.1) is 0 Å². The maximum atomic E-state index is 11.9. The van der Waals surface area contributed by atoms with Gasteiger partial charge in [-0.05, 0) is 31.2 Å². The van der Waals surface area contributed by atoms with Crippen LogP contribution in [0.5, 0.6) is 0 Å².